The van der Waals surface area contributed by atoms with Crippen LogP contribution in [0, 0.1) is 0 Å². The first-order valence-corrected chi connectivity index (χ1v) is 7.04. The van der Waals surface area contributed by atoms with E-state index in [1.807, 2.05) is 24.3 Å². The van der Waals surface area contributed by atoms with Crippen LogP contribution in [0.4, 0.5) is 0 Å². The fourth-order valence-corrected chi connectivity index (χ4v) is 1.90. The van der Waals surface area contributed by atoms with Gasteiger partial charge in [-0.1, -0.05) is 24.3 Å². The normalized spacial score (nSPS) is 10.1. The second-order valence-corrected chi connectivity index (χ2v) is 4.43. The molecule has 0 amide bonds. The average Bonchev–Trinajstić information content (AvgIpc) is 2.44. The third-order valence-electron chi connectivity index (χ3n) is 2.84. The summed E-state index contributed by atoms with van der Waals surface area (Å²) in [5.41, 5.74) is 2.17. The number of rotatable bonds is 8. The van der Waals surface area contributed by atoms with E-state index < -0.39 is 0 Å². The maximum atomic E-state index is 11.3. The van der Waals surface area contributed by atoms with Gasteiger partial charge in [0.15, 0.2) is 0 Å². The summed E-state index contributed by atoms with van der Waals surface area (Å²) >= 11 is 0. The molecule has 0 aliphatic carbocycles. The van der Waals surface area contributed by atoms with Crippen molar-refractivity contribution in [3.63, 3.8) is 0 Å². The molecule has 0 bridgehead atoms. The molecule has 0 saturated carbocycles. The molecule has 0 fully saturated rings. The van der Waals surface area contributed by atoms with Crippen molar-refractivity contribution in [2.24, 2.45) is 0 Å². The smallest absolute Gasteiger partial charge is 0.306 e. The maximum absolute atomic E-state index is 11.3. The lowest BCUT2D eigenvalue weighted by Crippen LogP contribution is -2.06. The van der Waals surface area contributed by atoms with E-state index in [-0.39, 0.29) is 11.9 Å². The van der Waals surface area contributed by atoms with E-state index in [4.69, 9.17) is 9.47 Å². The van der Waals surface area contributed by atoms with Crippen LogP contribution in [0.25, 0.3) is 0 Å². The van der Waals surface area contributed by atoms with Gasteiger partial charge in [0.25, 0.3) is 0 Å². The standard InChI is InChI=1S/C16H22O4/c1-3-19-15(17)10-8-13-6-5-7-14(12-13)9-11-16(18)20-4-2/h5-7,12H,3-4,8-11H2,1-2H3. The third kappa shape index (κ3) is 6.36. The summed E-state index contributed by atoms with van der Waals surface area (Å²) < 4.78 is 9.80. The lowest BCUT2D eigenvalue weighted by atomic mass is 10.0. The zero-order valence-corrected chi connectivity index (χ0v) is 12.2. The van der Waals surface area contributed by atoms with E-state index in [2.05, 4.69) is 0 Å². The van der Waals surface area contributed by atoms with E-state index in [1.165, 1.54) is 0 Å². The molecule has 4 heteroatoms. The number of esters is 2. The highest BCUT2D eigenvalue weighted by molar-refractivity contribution is 5.70. The predicted molar refractivity (Wildman–Crippen MR) is 76.4 cm³/mol. The van der Waals surface area contributed by atoms with Crippen LogP contribution < -0.4 is 0 Å². The van der Waals surface area contributed by atoms with Gasteiger partial charge in [0.2, 0.25) is 0 Å². The molecule has 20 heavy (non-hydrogen) atoms. The zero-order chi connectivity index (χ0) is 14.8. The fourth-order valence-electron chi connectivity index (χ4n) is 1.90. The van der Waals surface area contributed by atoms with Gasteiger partial charge < -0.3 is 9.47 Å². The first kappa shape index (κ1) is 16.2. The molecule has 4 nitrogen and oxygen atoms in total. The number of aryl methyl sites for hydroxylation is 2. The van der Waals surface area contributed by atoms with Crippen molar-refractivity contribution < 1.29 is 19.1 Å². The Morgan fingerprint density at radius 3 is 1.75 bits per heavy atom. The van der Waals surface area contributed by atoms with Crippen molar-refractivity contribution in [2.45, 2.75) is 39.5 Å². The summed E-state index contributed by atoms with van der Waals surface area (Å²) in [7, 11) is 0. The van der Waals surface area contributed by atoms with Gasteiger partial charge in [0, 0.05) is 12.8 Å². The number of carbonyl (C=O) groups excluding carboxylic acids is 2. The Morgan fingerprint density at radius 2 is 1.35 bits per heavy atom. The van der Waals surface area contributed by atoms with Crippen molar-refractivity contribution in [3.8, 4) is 0 Å². The summed E-state index contributed by atoms with van der Waals surface area (Å²) in [6, 6.07) is 7.93. The van der Waals surface area contributed by atoms with E-state index in [0.717, 1.165) is 11.1 Å². The first-order chi connectivity index (χ1) is 9.65. The summed E-state index contributed by atoms with van der Waals surface area (Å²) in [6.45, 7) is 4.43. The van der Waals surface area contributed by atoms with Gasteiger partial charge in [-0.15, -0.1) is 0 Å². The summed E-state index contributed by atoms with van der Waals surface area (Å²) in [6.07, 6.45) is 2.09. The molecule has 0 N–H and O–H groups in total. The Kier molecular flexibility index (Phi) is 7.40. The lowest BCUT2D eigenvalue weighted by molar-refractivity contribution is -0.143. The first-order valence-electron chi connectivity index (χ1n) is 7.04. The van der Waals surface area contributed by atoms with Crippen LogP contribution in [0.2, 0.25) is 0 Å². The number of ether oxygens (including phenoxy) is 2. The average molecular weight is 278 g/mol. The minimum absolute atomic E-state index is 0.176. The van der Waals surface area contributed by atoms with E-state index in [0.29, 0.717) is 38.9 Å². The van der Waals surface area contributed by atoms with Crippen LogP contribution in [0.3, 0.4) is 0 Å². The largest absolute Gasteiger partial charge is 0.466 e. The van der Waals surface area contributed by atoms with Crippen LogP contribution in [0.1, 0.15) is 37.8 Å². The molecule has 1 rings (SSSR count). The van der Waals surface area contributed by atoms with Gasteiger partial charge in [-0.3, -0.25) is 9.59 Å². The summed E-state index contributed by atoms with van der Waals surface area (Å²) in [5.74, 6) is -0.353. The Balaban J connectivity index is 2.45. The Bertz CT molecular complexity index is 403. The van der Waals surface area contributed by atoms with Gasteiger partial charge in [0.1, 0.15) is 0 Å². The molecule has 0 aliphatic rings. The molecular weight excluding hydrogens is 256 g/mol. The SMILES string of the molecule is CCOC(=O)CCc1cccc(CCC(=O)OCC)c1. The highest BCUT2D eigenvalue weighted by atomic mass is 16.5. The zero-order valence-electron chi connectivity index (χ0n) is 12.2. The van der Waals surface area contributed by atoms with E-state index in [9.17, 15) is 9.59 Å². The molecule has 0 aliphatic heterocycles. The van der Waals surface area contributed by atoms with Crippen molar-refractivity contribution in [1.82, 2.24) is 0 Å². The van der Waals surface area contributed by atoms with Gasteiger partial charge in [0.05, 0.1) is 13.2 Å². The Hall–Kier alpha value is -1.84. The van der Waals surface area contributed by atoms with E-state index >= 15 is 0 Å². The van der Waals surface area contributed by atoms with Crippen molar-refractivity contribution >= 4 is 11.9 Å². The number of carbonyl (C=O) groups is 2. The minimum Gasteiger partial charge on any atom is -0.466 e. The van der Waals surface area contributed by atoms with Crippen molar-refractivity contribution in [3.05, 3.63) is 35.4 Å². The van der Waals surface area contributed by atoms with Gasteiger partial charge >= 0.3 is 11.9 Å². The van der Waals surface area contributed by atoms with Crippen LogP contribution in [0.15, 0.2) is 24.3 Å². The summed E-state index contributed by atoms with van der Waals surface area (Å²) in [4.78, 5) is 22.6. The fraction of sp³-hybridized carbons (Fsp3) is 0.500. The second kappa shape index (κ2) is 9.13. The lowest BCUT2D eigenvalue weighted by Gasteiger charge is -2.06. The van der Waals surface area contributed by atoms with Crippen LogP contribution >= 0.6 is 0 Å². The molecule has 0 atom stereocenters. The monoisotopic (exact) mass is 278 g/mol. The van der Waals surface area contributed by atoms with Crippen molar-refractivity contribution in [1.29, 1.82) is 0 Å². The molecule has 1 aromatic carbocycles. The van der Waals surface area contributed by atoms with Gasteiger partial charge in [-0.2, -0.15) is 0 Å². The molecule has 0 spiro atoms. The predicted octanol–water partition coefficient (Wildman–Crippen LogP) is 2.68. The highest BCUT2D eigenvalue weighted by Crippen LogP contribution is 2.10. The maximum Gasteiger partial charge on any atom is 0.306 e. The van der Waals surface area contributed by atoms with Crippen LogP contribution in [-0.2, 0) is 31.9 Å². The number of hydrogen-bond donors (Lipinski definition) is 0. The topological polar surface area (TPSA) is 52.6 Å². The molecule has 0 radical (unpaired) electrons. The third-order valence-corrected chi connectivity index (χ3v) is 2.84. The molecule has 0 heterocycles. The quantitative estimate of drug-likeness (QED) is 0.686. The molecule has 0 saturated heterocycles. The Labute approximate surface area is 120 Å². The number of benzene rings is 1. The molecule has 0 aromatic heterocycles. The minimum atomic E-state index is -0.176. The summed E-state index contributed by atoms with van der Waals surface area (Å²) in [5, 5.41) is 0. The van der Waals surface area contributed by atoms with Crippen LogP contribution in [-0.4, -0.2) is 25.2 Å². The molecular formula is C16H22O4. The van der Waals surface area contributed by atoms with E-state index in [1.54, 1.807) is 13.8 Å². The van der Waals surface area contributed by atoms with Crippen molar-refractivity contribution in [2.75, 3.05) is 13.2 Å². The highest BCUT2D eigenvalue weighted by Gasteiger charge is 2.05. The molecule has 1 aromatic rings. The Morgan fingerprint density at radius 1 is 0.900 bits per heavy atom. The van der Waals surface area contributed by atoms with Gasteiger partial charge in [-0.05, 0) is 37.8 Å². The molecule has 0 unspecified atom stereocenters. The second-order valence-electron chi connectivity index (χ2n) is 4.43. The van der Waals surface area contributed by atoms with Gasteiger partial charge in [-0.25, -0.2) is 0 Å². The number of hydrogen-bond acceptors (Lipinski definition) is 4. The van der Waals surface area contributed by atoms with Crippen LogP contribution in [0.5, 0.6) is 0 Å². The molecule has 110 valence electrons.